The summed E-state index contributed by atoms with van der Waals surface area (Å²) in [4.78, 5) is 13.8. The van der Waals surface area contributed by atoms with E-state index in [2.05, 4.69) is 86.5 Å². The van der Waals surface area contributed by atoms with Crippen LogP contribution in [0.15, 0.2) is 73.8 Å². The van der Waals surface area contributed by atoms with Crippen LogP contribution < -0.4 is 10.6 Å². The first-order chi connectivity index (χ1) is 20.4. The molecule has 2 aromatic carbocycles. The second-order valence-electron chi connectivity index (χ2n) is 11.6. The highest BCUT2D eigenvalue weighted by atomic mass is 32.2. The van der Waals surface area contributed by atoms with Crippen LogP contribution in [0.5, 0.6) is 0 Å². The van der Waals surface area contributed by atoms with Gasteiger partial charge in [0.1, 0.15) is 17.8 Å². The standard InChI is InChI=1S/C33H36N6S.C2H6/c1-23-29-19-26(10-9-25(29)11-12-38(23)27-7-5-4-6-8-27)30-21-39(33-31(30)32(34)35-22-36-33)28-17-24(18-28)20-37-13-15-40(2,3)16-14-37;1-2/h4-12,19,21-22,24,28H,1-3,13-18,20H2,(H2,34,35,36);1-2H3. The summed E-state index contributed by atoms with van der Waals surface area (Å²) < 4.78 is 2.35. The number of fused-ring (bicyclic) bond motifs is 2. The molecule has 7 rings (SSSR count). The Morgan fingerprint density at radius 3 is 2.45 bits per heavy atom. The number of nitrogens with zero attached hydrogens (tertiary/aromatic N) is 5. The third kappa shape index (κ3) is 5.27. The number of benzene rings is 2. The second kappa shape index (κ2) is 11.5. The van der Waals surface area contributed by atoms with Crippen LogP contribution in [0.2, 0.25) is 0 Å². The summed E-state index contributed by atoms with van der Waals surface area (Å²) in [5, 5.41) is 0.934. The molecule has 4 heterocycles. The quantitative estimate of drug-likeness (QED) is 0.256. The minimum Gasteiger partial charge on any atom is -0.383 e. The Morgan fingerprint density at radius 1 is 0.976 bits per heavy atom. The Morgan fingerprint density at radius 2 is 1.71 bits per heavy atom. The van der Waals surface area contributed by atoms with Gasteiger partial charge in [-0.25, -0.2) is 19.2 Å². The Bertz CT molecular complexity index is 1730. The van der Waals surface area contributed by atoms with E-state index in [0.29, 0.717) is 17.8 Å². The van der Waals surface area contributed by atoms with E-state index in [-0.39, 0.29) is 0 Å². The molecule has 0 amide bonds. The van der Waals surface area contributed by atoms with E-state index in [4.69, 9.17) is 10.7 Å². The highest BCUT2D eigenvalue weighted by molar-refractivity contribution is 8.27. The molecule has 2 N–H and O–H groups in total. The molecule has 0 spiro atoms. The molecule has 218 valence electrons. The number of rotatable bonds is 5. The van der Waals surface area contributed by atoms with Crippen LogP contribution in [0, 0.1) is 5.92 Å². The van der Waals surface area contributed by atoms with Crippen molar-refractivity contribution in [3.63, 3.8) is 0 Å². The van der Waals surface area contributed by atoms with Crippen LogP contribution in [0.1, 0.15) is 43.9 Å². The van der Waals surface area contributed by atoms with Gasteiger partial charge in [0, 0.05) is 60.6 Å². The van der Waals surface area contributed by atoms with Gasteiger partial charge in [-0.1, -0.05) is 62.5 Å². The van der Waals surface area contributed by atoms with Crippen LogP contribution in [0.3, 0.4) is 0 Å². The van der Waals surface area contributed by atoms with Crippen LogP contribution in [-0.2, 0) is 0 Å². The summed E-state index contributed by atoms with van der Waals surface area (Å²) in [5.74, 6) is 12.3. The van der Waals surface area contributed by atoms with Crippen molar-refractivity contribution in [3.8, 4) is 11.1 Å². The molecule has 1 saturated heterocycles. The van der Waals surface area contributed by atoms with Crippen molar-refractivity contribution in [2.45, 2.75) is 32.7 Å². The third-order valence-corrected chi connectivity index (χ3v) is 10.9. The Labute approximate surface area is 250 Å². The van der Waals surface area contributed by atoms with Gasteiger partial charge in [-0.05, 0) is 65.7 Å². The molecule has 0 radical (unpaired) electrons. The van der Waals surface area contributed by atoms with Crippen molar-refractivity contribution >= 4 is 55.3 Å². The molecule has 1 aliphatic carbocycles. The highest BCUT2D eigenvalue weighted by Gasteiger charge is 2.34. The molecular formula is C35H42N6S. The van der Waals surface area contributed by atoms with Gasteiger partial charge in [-0.2, -0.15) is 0 Å². The van der Waals surface area contributed by atoms with E-state index < -0.39 is 9.21 Å². The monoisotopic (exact) mass is 578 g/mol. The van der Waals surface area contributed by atoms with E-state index in [0.717, 1.165) is 82.1 Å². The summed E-state index contributed by atoms with van der Waals surface area (Å²) in [5.41, 5.74) is 13.9. The minimum atomic E-state index is -0.856. The zero-order chi connectivity index (χ0) is 29.4. The lowest BCUT2D eigenvalue weighted by Gasteiger charge is -2.41. The van der Waals surface area contributed by atoms with Crippen LogP contribution in [0.25, 0.3) is 33.9 Å². The van der Waals surface area contributed by atoms with Crippen molar-refractivity contribution < 1.29 is 0 Å². The predicted molar refractivity (Wildman–Crippen MR) is 185 cm³/mol. The predicted octanol–water partition coefficient (Wildman–Crippen LogP) is 7.10. The minimum absolute atomic E-state index is 0.426. The number of para-hydroxylation sites is 1. The highest BCUT2D eigenvalue weighted by Crippen LogP contribution is 2.44. The van der Waals surface area contributed by atoms with Gasteiger partial charge in [-0.15, -0.1) is 0 Å². The summed E-state index contributed by atoms with van der Waals surface area (Å²) in [7, 11) is -0.856. The van der Waals surface area contributed by atoms with E-state index >= 15 is 0 Å². The van der Waals surface area contributed by atoms with Gasteiger partial charge in [0.15, 0.2) is 0 Å². The molecule has 0 bridgehead atoms. The molecule has 0 atom stereocenters. The fourth-order valence-corrected chi connectivity index (χ4v) is 7.91. The molecular weight excluding hydrogens is 536 g/mol. The van der Waals surface area contributed by atoms with Gasteiger partial charge >= 0.3 is 0 Å². The summed E-state index contributed by atoms with van der Waals surface area (Å²) in [6.07, 6.45) is 10.4. The Kier molecular flexibility index (Phi) is 7.73. The average Bonchev–Trinajstić information content (AvgIpc) is 3.37. The van der Waals surface area contributed by atoms with Gasteiger partial charge in [0.05, 0.1) is 5.39 Å². The van der Waals surface area contributed by atoms with E-state index in [9.17, 15) is 0 Å². The number of anilines is 2. The van der Waals surface area contributed by atoms with Gasteiger partial charge in [0.2, 0.25) is 0 Å². The van der Waals surface area contributed by atoms with E-state index in [1.165, 1.54) is 6.54 Å². The average molecular weight is 579 g/mol. The fraction of sp³-hybridized carbons (Fsp3) is 0.314. The zero-order valence-corrected chi connectivity index (χ0v) is 25.7. The molecule has 6 nitrogen and oxygen atoms in total. The molecule has 2 fully saturated rings. The van der Waals surface area contributed by atoms with Crippen LogP contribution >= 0.6 is 9.21 Å². The lowest BCUT2D eigenvalue weighted by atomic mass is 9.79. The van der Waals surface area contributed by atoms with Crippen molar-refractivity contribution in [2.24, 2.45) is 5.92 Å². The molecule has 7 heteroatoms. The Hall–Kier alpha value is -3.81. The number of aromatic nitrogens is 3. The van der Waals surface area contributed by atoms with Crippen molar-refractivity contribution in [1.82, 2.24) is 19.4 Å². The first-order valence-electron chi connectivity index (χ1n) is 15.0. The molecule has 0 unspecified atom stereocenters. The molecule has 2 aliphatic heterocycles. The van der Waals surface area contributed by atoms with E-state index in [1.54, 1.807) is 6.33 Å². The first kappa shape index (κ1) is 28.3. The molecule has 4 aromatic rings. The SMILES string of the molecule is C=C1c2cc(-c3cn(C4CC(CN5CCS(=C)(=C)CC5)C4)c4ncnc(N)c34)ccc2C=CN1c1ccccc1.CC. The molecule has 42 heavy (non-hydrogen) atoms. The van der Waals surface area contributed by atoms with Gasteiger partial charge in [0.25, 0.3) is 0 Å². The number of nitrogens with two attached hydrogens (primary N) is 1. The fourth-order valence-electron chi connectivity index (χ4n) is 6.41. The lowest BCUT2D eigenvalue weighted by molar-refractivity contribution is 0.137. The van der Waals surface area contributed by atoms with Crippen LogP contribution in [-0.4, -0.2) is 62.3 Å². The number of hydrogen-bond acceptors (Lipinski definition) is 5. The largest absolute Gasteiger partial charge is 0.383 e. The van der Waals surface area contributed by atoms with Gasteiger partial charge < -0.3 is 20.1 Å². The van der Waals surface area contributed by atoms with Crippen LogP contribution in [0.4, 0.5) is 11.5 Å². The maximum atomic E-state index is 6.49. The first-order valence-corrected chi connectivity index (χ1v) is 17.3. The van der Waals surface area contributed by atoms with Crippen molar-refractivity contribution in [2.75, 3.05) is 41.8 Å². The van der Waals surface area contributed by atoms with Gasteiger partial charge in [-0.3, -0.25) is 0 Å². The molecule has 2 aromatic heterocycles. The smallest absolute Gasteiger partial charge is 0.146 e. The summed E-state index contributed by atoms with van der Waals surface area (Å²) >= 11 is 0. The normalized spacial score (nSPS) is 21.4. The van der Waals surface area contributed by atoms with Crippen molar-refractivity contribution in [3.05, 3.63) is 85.0 Å². The second-order valence-corrected chi connectivity index (χ2v) is 14.9. The maximum absolute atomic E-state index is 6.49. The third-order valence-electron chi connectivity index (χ3n) is 8.84. The molecule has 3 aliphatic rings. The lowest BCUT2D eigenvalue weighted by Crippen LogP contribution is -2.41. The number of nitrogen functional groups attached to an aromatic ring is 1. The topological polar surface area (TPSA) is 63.2 Å². The zero-order valence-electron chi connectivity index (χ0n) is 24.9. The Balaban J connectivity index is 0.00000155. The maximum Gasteiger partial charge on any atom is 0.146 e. The molecule has 1 saturated carbocycles. The summed E-state index contributed by atoms with van der Waals surface area (Å²) in [6.45, 7) is 11.9. The van der Waals surface area contributed by atoms with Crippen molar-refractivity contribution in [1.29, 1.82) is 0 Å². The van der Waals surface area contributed by atoms with E-state index in [1.807, 2.05) is 32.0 Å². The summed E-state index contributed by atoms with van der Waals surface area (Å²) in [6, 6.07) is 17.3. The number of hydrogen-bond donors (Lipinski definition) is 1.